The van der Waals surface area contributed by atoms with Crippen LogP contribution in [0.1, 0.15) is 12.7 Å². The van der Waals surface area contributed by atoms with Gasteiger partial charge in [-0.05, 0) is 37.3 Å². The number of nitrogens with zero attached hydrogens (tertiary/aromatic N) is 2. The molecule has 3 aromatic rings. The van der Waals surface area contributed by atoms with E-state index in [0.29, 0.717) is 29.4 Å². The predicted octanol–water partition coefficient (Wildman–Crippen LogP) is 5.45. The molecule has 0 aliphatic heterocycles. The first kappa shape index (κ1) is 21.6. The lowest BCUT2D eigenvalue weighted by Gasteiger charge is -2.07. The summed E-state index contributed by atoms with van der Waals surface area (Å²) in [5.74, 6) is 0.577. The zero-order valence-electron chi connectivity index (χ0n) is 16.3. The number of carbonyl (C=O) groups is 1. The minimum absolute atomic E-state index is 0.141. The SMILES string of the molecule is CCOc1cccc(NC(=O)/C(C#N)=C/c2ccc(-c3ccc([N+](=O)[O-])cc3Cl)o2)c1. The molecule has 0 saturated carbocycles. The number of furan rings is 1. The number of amides is 1. The first-order valence-corrected chi connectivity index (χ1v) is 9.49. The summed E-state index contributed by atoms with van der Waals surface area (Å²) in [6.07, 6.45) is 1.30. The van der Waals surface area contributed by atoms with Crippen molar-refractivity contribution < 1.29 is 18.9 Å². The van der Waals surface area contributed by atoms with E-state index < -0.39 is 10.8 Å². The lowest BCUT2D eigenvalue weighted by atomic mass is 10.1. The van der Waals surface area contributed by atoms with Crippen molar-refractivity contribution in [1.29, 1.82) is 5.26 Å². The van der Waals surface area contributed by atoms with E-state index in [1.807, 2.05) is 13.0 Å². The quantitative estimate of drug-likeness (QED) is 0.227. The third kappa shape index (κ3) is 5.29. The fourth-order valence-corrected chi connectivity index (χ4v) is 2.98. The first-order chi connectivity index (χ1) is 14.9. The number of ether oxygens (including phenoxy) is 1. The number of non-ortho nitro benzene ring substituents is 1. The van der Waals surface area contributed by atoms with Gasteiger partial charge in [-0.1, -0.05) is 17.7 Å². The third-order valence-electron chi connectivity index (χ3n) is 4.11. The lowest BCUT2D eigenvalue weighted by Crippen LogP contribution is -2.13. The highest BCUT2D eigenvalue weighted by Gasteiger charge is 2.15. The van der Waals surface area contributed by atoms with E-state index in [1.165, 1.54) is 24.3 Å². The minimum atomic E-state index is -0.609. The van der Waals surface area contributed by atoms with Crippen LogP contribution in [0.3, 0.4) is 0 Å². The molecule has 0 unspecified atom stereocenters. The van der Waals surface area contributed by atoms with Gasteiger partial charge in [-0.15, -0.1) is 0 Å². The number of benzene rings is 2. The molecule has 0 fully saturated rings. The highest BCUT2D eigenvalue weighted by molar-refractivity contribution is 6.33. The molecule has 3 rings (SSSR count). The molecular formula is C22H16ClN3O5. The van der Waals surface area contributed by atoms with Gasteiger partial charge in [0.2, 0.25) is 0 Å². The number of halogens is 1. The highest BCUT2D eigenvalue weighted by atomic mass is 35.5. The topological polar surface area (TPSA) is 118 Å². The van der Waals surface area contributed by atoms with E-state index >= 15 is 0 Å². The van der Waals surface area contributed by atoms with Crippen LogP contribution in [0.2, 0.25) is 5.02 Å². The maximum Gasteiger partial charge on any atom is 0.270 e. The molecule has 8 nitrogen and oxygen atoms in total. The average Bonchev–Trinajstić information content (AvgIpc) is 3.20. The van der Waals surface area contributed by atoms with Gasteiger partial charge in [0.05, 0.1) is 16.6 Å². The molecular weight excluding hydrogens is 422 g/mol. The summed E-state index contributed by atoms with van der Waals surface area (Å²) in [5, 5.41) is 23.0. The van der Waals surface area contributed by atoms with E-state index in [2.05, 4.69) is 5.32 Å². The molecule has 1 N–H and O–H groups in total. The zero-order valence-corrected chi connectivity index (χ0v) is 17.1. The molecule has 1 aromatic heterocycles. The average molecular weight is 438 g/mol. The number of carbonyl (C=O) groups excluding carboxylic acids is 1. The molecule has 0 atom stereocenters. The number of hydrogen-bond acceptors (Lipinski definition) is 6. The molecule has 0 aliphatic carbocycles. The van der Waals surface area contributed by atoms with Gasteiger partial charge < -0.3 is 14.5 Å². The Morgan fingerprint density at radius 1 is 1.29 bits per heavy atom. The number of anilines is 1. The summed E-state index contributed by atoms with van der Waals surface area (Å²) in [6.45, 7) is 2.34. The Bertz CT molecular complexity index is 1210. The molecule has 0 radical (unpaired) electrons. The molecule has 2 aromatic carbocycles. The summed E-state index contributed by atoms with van der Waals surface area (Å²) in [7, 11) is 0. The third-order valence-corrected chi connectivity index (χ3v) is 4.42. The van der Waals surface area contributed by atoms with Crippen molar-refractivity contribution in [3.8, 4) is 23.1 Å². The number of nitro groups is 1. The molecule has 1 heterocycles. The first-order valence-electron chi connectivity index (χ1n) is 9.11. The van der Waals surface area contributed by atoms with E-state index in [4.69, 9.17) is 20.8 Å². The smallest absolute Gasteiger partial charge is 0.270 e. The summed E-state index contributed by atoms with van der Waals surface area (Å²) >= 11 is 6.12. The van der Waals surface area contributed by atoms with Crippen molar-refractivity contribution in [3.05, 3.63) is 81.1 Å². The Kier molecular flexibility index (Phi) is 6.70. The minimum Gasteiger partial charge on any atom is -0.494 e. The summed E-state index contributed by atoms with van der Waals surface area (Å²) in [5.41, 5.74) is 0.618. The van der Waals surface area contributed by atoms with Gasteiger partial charge in [0.1, 0.15) is 28.9 Å². The zero-order chi connectivity index (χ0) is 22.4. The largest absolute Gasteiger partial charge is 0.494 e. The van der Waals surface area contributed by atoms with E-state index in [1.54, 1.807) is 36.4 Å². The summed E-state index contributed by atoms with van der Waals surface area (Å²) < 4.78 is 11.0. The fourth-order valence-electron chi connectivity index (χ4n) is 2.71. The standard InChI is InChI=1S/C22H16ClN3O5/c1-2-30-17-5-3-4-15(11-17)25-22(27)14(13-24)10-18-7-9-21(31-18)19-8-6-16(26(28)29)12-20(19)23/h3-12H,2H2,1H3,(H,25,27)/b14-10+. The fraction of sp³-hybridized carbons (Fsp3) is 0.0909. The Labute approximate surface area is 182 Å². The Hall–Kier alpha value is -4.09. The van der Waals surface area contributed by atoms with Crippen LogP contribution in [0.25, 0.3) is 17.4 Å². The van der Waals surface area contributed by atoms with Crippen LogP contribution >= 0.6 is 11.6 Å². The molecule has 156 valence electrons. The van der Waals surface area contributed by atoms with Gasteiger partial charge in [-0.3, -0.25) is 14.9 Å². The summed E-state index contributed by atoms with van der Waals surface area (Å²) in [6, 6.07) is 15.8. The van der Waals surface area contributed by atoms with Gasteiger partial charge in [-0.25, -0.2) is 0 Å². The van der Waals surface area contributed by atoms with Crippen molar-refractivity contribution in [2.75, 3.05) is 11.9 Å². The van der Waals surface area contributed by atoms with Gasteiger partial charge in [-0.2, -0.15) is 5.26 Å². The van der Waals surface area contributed by atoms with Crippen molar-refractivity contribution in [1.82, 2.24) is 0 Å². The Balaban J connectivity index is 1.80. The maximum atomic E-state index is 12.5. The molecule has 0 spiro atoms. The molecule has 0 saturated heterocycles. The molecule has 0 aliphatic rings. The van der Waals surface area contributed by atoms with Gasteiger partial charge in [0.25, 0.3) is 11.6 Å². The second kappa shape index (κ2) is 9.61. The number of rotatable bonds is 7. The maximum absolute atomic E-state index is 12.5. The number of hydrogen-bond donors (Lipinski definition) is 1. The van der Waals surface area contributed by atoms with Crippen LogP contribution in [0.4, 0.5) is 11.4 Å². The monoisotopic (exact) mass is 437 g/mol. The number of nitrogens with one attached hydrogen (secondary N) is 1. The molecule has 9 heteroatoms. The second-order valence-corrected chi connectivity index (χ2v) is 6.62. The van der Waals surface area contributed by atoms with Crippen LogP contribution in [-0.2, 0) is 4.79 Å². The van der Waals surface area contributed by atoms with E-state index in [0.717, 1.165) is 0 Å². The normalized spacial score (nSPS) is 10.9. The van der Waals surface area contributed by atoms with Crippen LogP contribution in [0, 0.1) is 21.4 Å². The molecule has 31 heavy (non-hydrogen) atoms. The van der Waals surface area contributed by atoms with Crippen molar-refractivity contribution in [3.63, 3.8) is 0 Å². The highest BCUT2D eigenvalue weighted by Crippen LogP contribution is 2.32. The second-order valence-electron chi connectivity index (χ2n) is 6.21. The van der Waals surface area contributed by atoms with Crippen molar-refractivity contribution >= 4 is 35.0 Å². The van der Waals surface area contributed by atoms with Crippen LogP contribution in [0.5, 0.6) is 5.75 Å². The lowest BCUT2D eigenvalue weighted by molar-refractivity contribution is -0.384. The molecule has 0 bridgehead atoms. The van der Waals surface area contributed by atoms with Gasteiger partial charge >= 0.3 is 0 Å². The van der Waals surface area contributed by atoms with E-state index in [9.17, 15) is 20.2 Å². The van der Waals surface area contributed by atoms with Crippen LogP contribution < -0.4 is 10.1 Å². The van der Waals surface area contributed by atoms with Crippen LogP contribution in [-0.4, -0.2) is 17.4 Å². The van der Waals surface area contributed by atoms with Gasteiger partial charge in [0.15, 0.2) is 0 Å². The van der Waals surface area contributed by atoms with Crippen LogP contribution in [0.15, 0.2) is 64.6 Å². The summed E-state index contributed by atoms with van der Waals surface area (Å²) in [4.78, 5) is 22.8. The van der Waals surface area contributed by atoms with E-state index in [-0.39, 0.29) is 22.0 Å². The van der Waals surface area contributed by atoms with Crippen molar-refractivity contribution in [2.45, 2.75) is 6.92 Å². The number of nitro benzene ring substituents is 1. The number of nitriles is 1. The van der Waals surface area contributed by atoms with Gasteiger partial charge in [0, 0.05) is 35.5 Å². The molecule has 1 amide bonds. The predicted molar refractivity (Wildman–Crippen MR) is 116 cm³/mol. The Morgan fingerprint density at radius 2 is 2.10 bits per heavy atom. The van der Waals surface area contributed by atoms with Crippen molar-refractivity contribution in [2.24, 2.45) is 0 Å². The Morgan fingerprint density at radius 3 is 2.77 bits per heavy atom.